The molecule has 5 heteroatoms. The third kappa shape index (κ3) is 3.05. The number of ether oxygens (including phenoxy) is 1. The van der Waals surface area contributed by atoms with Gasteiger partial charge in [0.1, 0.15) is 17.9 Å². The Morgan fingerprint density at radius 2 is 1.96 bits per heavy atom. The van der Waals surface area contributed by atoms with Gasteiger partial charge in [-0.1, -0.05) is 12.1 Å². The quantitative estimate of drug-likeness (QED) is 0.567. The van der Waals surface area contributed by atoms with Gasteiger partial charge in [0.25, 0.3) is 0 Å². The molecule has 0 saturated heterocycles. The molecule has 4 rings (SSSR count). The second-order valence-electron chi connectivity index (χ2n) is 5.56. The molecule has 0 radical (unpaired) electrons. The molecule has 0 aliphatic heterocycles. The van der Waals surface area contributed by atoms with Gasteiger partial charge in [-0.05, 0) is 48.9 Å². The van der Waals surface area contributed by atoms with E-state index < -0.39 is 0 Å². The summed E-state index contributed by atoms with van der Waals surface area (Å²) in [7, 11) is 0. The van der Waals surface area contributed by atoms with E-state index in [4.69, 9.17) is 4.74 Å². The normalized spacial score (nSPS) is 10.7. The van der Waals surface area contributed by atoms with Crippen LogP contribution in [-0.4, -0.2) is 15.0 Å². The zero-order valence-corrected chi connectivity index (χ0v) is 13.2. The van der Waals surface area contributed by atoms with Gasteiger partial charge in [-0.15, -0.1) is 0 Å². The predicted octanol–water partition coefficient (Wildman–Crippen LogP) is 4.80. The number of nitrogens with zero attached hydrogens (tertiary/aromatic N) is 2. The fourth-order valence-corrected chi connectivity index (χ4v) is 2.55. The van der Waals surface area contributed by atoms with Crippen LogP contribution in [0.5, 0.6) is 11.6 Å². The summed E-state index contributed by atoms with van der Waals surface area (Å²) in [6, 6.07) is 17.8. The Bertz CT molecular complexity index is 993. The van der Waals surface area contributed by atoms with E-state index in [1.807, 2.05) is 42.6 Å². The molecule has 0 saturated carbocycles. The number of anilines is 2. The molecular weight excluding hydrogens is 300 g/mol. The molecule has 2 aromatic carbocycles. The highest BCUT2D eigenvalue weighted by atomic mass is 16.5. The molecule has 2 N–H and O–H groups in total. The fourth-order valence-electron chi connectivity index (χ4n) is 2.55. The first-order valence-electron chi connectivity index (χ1n) is 7.67. The van der Waals surface area contributed by atoms with Gasteiger partial charge < -0.3 is 15.0 Å². The van der Waals surface area contributed by atoms with Crippen molar-refractivity contribution in [1.29, 1.82) is 0 Å². The Balaban J connectivity index is 1.55. The van der Waals surface area contributed by atoms with Crippen molar-refractivity contribution in [2.24, 2.45) is 0 Å². The lowest BCUT2D eigenvalue weighted by Crippen LogP contribution is -1.96. The third-order valence-corrected chi connectivity index (χ3v) is 3.68. The van der Waals surface area contributed by atoms with Crippen LogP contribution in [0.25, 0.3) is 10.9 Å². The number of nitrogens with one attached hydrogen (secondary N) is 2. The summed E-state index contributed by atoms with van der Waals surface area (Å²) in [6.07, 6.45) is 3.39. The zero-order chi connectivity index (χ0) is 16.4. The van der Waals surface area contributed by atoms with Gasteiger partial charge in [0, 0.05) is 28.9 Å². The largest absolute Gasteiger partial charge is 0.439 e. The van der Waals surface area contributed by atoms with Crippen molar-refractivity contribution in [3.05, 3.63) is 72.7 Å². The number of hydrogen-bond donors (Lipinski definition) is 2. The second kappa shape index (κ2) is 6.04. The molecule has 5 nitrogen and oxygen atoms in total. The lowest BCUT2D eigenvalue weighted by molar-refractivity contribution is 0.462. The summed E-state index contributed by atoms with van der Waals surface area (Å²) >= 11 is 0. The molecule has 0 fully saturated rings. The van der Waals surface area contributed by atoms with Crippen LogP contribution in [0.1, 0.15) is 5.56 Å². The van der Waals surface area contributed by atoms with Gasteiger partial charge in [0.15, 0.2) is 0 Å². The van der Waals surface area contributed by atoms with Crippen molar-refractivity contribution in [3.63, 3.8) is 0 Å². The van der Waals surface area contributed by atoms with Crippen LogP contribution >= 0.6 is 0 Å². The first-order valence-corrected chi connectivity index (χ1v) is 7.67. The van der Waals surface area contributed by atoms with E-state index in [-0.39, 0.29) is 0 Å². The highest BCUT2D eigenvalue weighted by Crippen LogP contribution is 2.25. The van der Waals surface area contributed by atoms with E-state index in [9.17, 15) is 0 Å². The van der Waals surface area contributed by atoms with Crippen LogP contribution in [0.4, 0.5) is 11.5 Å². The van der Waals surface area contributed by atoms with Crippen LogP contribution in [0, 0.1) is 6.92 Å². The van der Waals surface area contributed by atoms with Crippen LogP contribution < -0.4 is 10.1 Å². The Morgan fingerprint density at radius 3 is 2.88 bits per heavy atom. The molecule has 24 heavy (non-hydrogen) atoms. The predicted molar refractivity (Wildman–Crippen MR) is 94.9 cm³/mol. The van der Waals surface area contributed by atoms with Gasteiger partial charge in [-0.2, -0.15) is 0 Å². The Kier molecular flexibility index (Phi) is 3.59. The van der Waals surface area contributed by atoms with Crippen LogP contribution in [0.3, 0.4) is 0 Å². The summed E-state index contributed by atoms with van der Waals surface area (Å²) in [6.45, 7) is 2.05. The molecule has 4 aromatic rings. The number of rotatable bonds is 4. The molecule has 2 aromatic heterocycles. The SMILES string of the molecule is Cc1cccc(Nc2cc(Oc3ccc4[nH]ccc4c3)ncn2)c1. The van der Waals surface area contributed by atoms with Crippen LogP contribution in [0.15, 0.2) is 67.1 Å². The Labute approximate surface area is 139 Å². The molecule has 0 bridgehead atoms. The number of benzene rings is 2. The Hall–Kier alpha value is -3.34. The highest BCUT2D eigenvalue weighted by molar-refractivity contribution is 5.80. The number of hydrogen-bond acceptors (Lipinski definition) is 4. The average Bonchev–Trinajstić information content (AvgIpc) is 3.03. The van der Waals surface area contributed by atoms with Crippen molar-refractivity contribution in [3.8, 4) is 11.6 Å². The van der Waals surface area contributed by atoms with Crippen molar-refractivity contribution >= 4 is 22.4 Å². The van der Waals surface area contributed by atoms with E-state index >= 15 is 0 Å². The highest BCUT2D eigenvalue weighted by Gasteiger charge is 2.04. The number of aromatic amines is 1. The minimum Gasteiger partial charge on any atom is -0.439 e. The maximum Gasteiger partial charge on any atom is 0.224 e. The zero-order valence-electron chi connectivity index (χ0n) is 13.2. The summed E-state index contributed by atoms with van der Waals surface area (Å²) < 4.78 is 5.85. The van der Waals surface area contributed by atoms with Crippen LogP contribution in [0.2, 0.25) is 0 Å². The topological polar surface area (TPSA) is 62.8 Å². The summed E-state index contributed by atoms with van der Waals surface area (Å²) in [4.78, 5) is 11.6. The molecule has 2 heterocycles. The molecule has 0 spiro atoms. The maximum atomic E-state index is 5.85. The van der Waals surface area contributed by atoms with Gasteiger partial charge in [-0.3, -0.25) is 0 Å². The number of aryl methyl sites for hydroxylation is 1. The first-order chi connectivity index (χ1) is 11.8. The third-order valence-electron chi connectivity index (χ3n) is 3.68. The van der Waals surface area contributed by atoms with Gasteiger partial charge in [0.05, 0.1) is 0 Å². The fraction of sp³-hybridized carbons (Fsp3) is 0.0526. The molecule has 0 aliphatic rings. The van der Waals surface area contributed by atoms with E-state index in [0.717, 1.165) is 22.3 Å². The number of H-pyrrole nitrogens is 1. The van der Waals surface area contributed by atoms with Gasteiger partial charge in [-0.25, -0.2) is 9.97 Å². The van der Waals surface area contributed by atoms with E-state index in [2.05, 4.69) is 39.3 Å². The maximum absolute atomic E-state index is 5.85. The standard InChI is InChI=1S/C19H16N4O/c1-13-3-2-4-15(9-13)23-18-11-19(22-12-21-18)24-16-5-6-17-14(10-16)7-8-20-17/h2-12,20H,1H3,(H,21,22,23). The van der Waals surface area contributed by atoms with Gasteiger partial charge in [0.2, 0.25) is 5.88 Å². The number of fused-ring (bicyclic) bond motifs is 1. The van der Waals surface area contributed by atoms with E-state index in [0.29, 0.717) is 11.7 Å². The summed E-state index contributed by atoms with van der Waals surface area (Å²) in [5.74, 6) is 1.92. The van der Waals surface area contributed by atoms with Crippen molar-refractivity contribution in [2.45, 2.75) is 6.92 Å². The minimum absolute atomic E-state index is 0.495. The minimum atomic E-state index is 0.495. The van der Waals surface area contributed by atoms with Crippen LogP contribution in [-0.2, 0) is 0 Å². The molecular formula is C19H16N4O. The molecule has 0 amide bonds. The Morgan fingerprint density at radius 1 is 1.00 bits per heavy atom. The van der Waals surface area contributed by atoms with Gasteiger partial charge >= 0.3 is 0 Å². The molecule has 0 atom stereocenters. The second-order valence-corrected chi connectivity index (χ2v) is 5.56. The van der Waals surface area contributed by atoms with Crippen molar-refractivity contribution in [1.82, 2.24) is 15.0 Å². The smallest absolute Gasteiger partial charge is 0.224 e. The van der Waals surface area contributed by atoms with E-state index in [1.165, 1.54) is 11.9 Å². The summed E-state index contributed by atoms with van der Waals surface area (Å²) in [5.41, 5.74) is 3.24. The van der Waals surface area contributed by atoms with E-state index in [1.54, 1.807) is 6.07 Å². The number of aromatic nitrogens is 3. The lowest BCUT2D eigenvalue weighted by atomic mass is 10.2. The molecule has 0 unspecified atom stereocenters. The van der Waals surface area contributed by atoms with Crippen molar-refractivity contribution < 1.29 is 4.74 Å². The first kappa shape index (κ1) is 14.3. The average molecular weight is 316 g/mol. The monoisotopic (exact) mass is 316 g/mol. The molecule has 0 aliphatic carbocycles. The summed E-state index contributed by atoms with van der Waals surface area (Å²) in [5, 5.41) is 4.36. The van der Waals surface area contributed by atoms with Crippen molar-refractivity contribution in [2.75, 3.05) is 5.32 Å². The molecule has 118 valence electrons. The lowest BCUT2D eigenvalue weighted by Gasteiger charge is -2.08.